The van der Waals surface area contributed by atoms with Crippen LogP contribution in [-0.4, -0.2) is 22.8 Å². The van der Waals surface area contributed by atoms with Crippen LogP contribution in [0.25, 0.3) is 0 Å². The van der Waals surface area contributed by atoms with Crippen LogP contribution in [0.15, 0.2) is 12.1 Å². The quantitative estimate of drug-likeness (QED) is 0.893. The van der Waals surface area contributed by atoms with Gasteiger partial charge < -0.3 is 14.9 Å². The van der Waals surface area contributed by atoms with E-state index in [0.29, 0.717) is 0 Å². The normalized spacial score (nSPS) is 12.6. The van der Waals surface area contributed by atoms with Gasteiger partial charge >= 0.3 is 12.6 Å². The van der Waals surface area contributed by atoms with Gasteiger partial charge in [0.05, 0.1) is 10.0 Å². The second-order valence-corrected chi connectivity index (χ2v) is 3.74. The number of aliphatic hydroxyl groups excluding tert-OH is 1. The summed E-state index contributed by atoms with van der Waals surface area (Å²) in [6, 6.07) is 1.87. The maximum absolute atomic E-state index is 12.0. The molecule has 0 saturated carbocycles. The van der Waals surface area contributed by atoms with Crippen molar-refractivity contribution >= 4 is 29.2 Å². The molecule has 0 aliphatic carbocycles. The average molecular weight is 287 g/mol. The number of carboxylic acid groups (broad SMARTS) is 1. The fraction of sp³-hybridized carbons (Fsp3) is 0.222. The van der Waals surface area contributed by atoms with Crippen LogP contribution in [0.4, 0.5) is 8.78 Å². The summed E-state index contributed by atoms with van der Waals surface area (Å²) in [5.74, 6) is -1.93. The minimum absolute atomic E-state index is 0.203. The highest BCUT2D eigenvalue weighted by Crippen LogP contribution is 2.34. The van der Waals surface area contributed by atoms with Crippen LogP contribution in [-0.2, 0) is 4.79 Å². The van der Waals surface area contributed by atoms with E-state index >= 15 is 0 Å². The van der Waals surface area contributed by atoms with Crippen molar-refractivity contribution in [3.05, 3.63) is 27.7 Å². The number of hydrogen-bond acceptors (Lipinski definition) is 3. The Morgan fingerprint density at radius 1 is 1.29 bits per heavy atom. The Labute approximate surface area is 104 Å². The number of carboxylic acids is 1. The highest BCUT2D eigenvalue weighted by Gasteiger charge is 2.22. The molecule has 0 radical (unpaired) electrons. The molecule has 17 heavy (non-hydrogen) atoms. The molecule has 1 atom stereocenters. The van der Waals surface area contributed by atoms with Gasteiger partial charge in [-0.1, -0.05) is 23.2 Å². The molecule has 0 unspecified atom stereocenters. The summed E-state index contributed by atoms with van der Waals surface area (Å²) in [5, 5.41) is 17.3. The SMILES string of the molecule is O=C(O)[C@@H](O)c1cc(Cl)c(OC(F)F)cc1Cl. The molecule has 1 rings (SSSR count). The molecule has 0 aliphatic rings. The van der Waals surface area contributed by atoms with Gasteiger partial charge in [-0.3, -0.25) is 0 Å². The lowest BCUT2D eigenvalue weighted by Crippen LogP contribution is -2.11. The van der Waals surface area contributed by atoms with Crippen molar-refractivity contribution in [1.82, 2.24) is 0 Å². The third kappa shape index (κ3) is 3.42. The first-order chi connectivity index (χ1) is 7.82. The lowest BCUT2D eigenvalue weighted by Gasteiger charge is -2.12. The first-order valence-electron chi connectivity index (χ1n) is 4.17. The minimum atomic E-state index is -3.08. The second-order valence-electron chi connectivity index (χ2n) is 2.92. The number of aliphatic hydroxyl groups is 1. The molecular weight excluding hydrogens is 281 g/mol. The third-order valence-corrected chi connectivity index (χ3v) is 2.42. The fourth-order valence-corrected chi connectivity index (χ4v) is 1.55. The molecule has 0 aliphatic heterocycles. The number of ether oxygens (including phenoxy) is 1. The zero-order valence-corrected chi connectivity index (χ0v) is 9.54. The van der Waals surface area contributed by atoms with Crippen molar-refractivity contribution < 1.29 is 28.5 Å². The number of rotatable bonds is 4. The molecule has 8 heteroatoms. The standard InChI is InChI=1S/C9H6Cl2F2O4/c10-4-2-6(17-9(12)13)5(11)1-3(4)7(14)8(15)16/h1-2,7,9,14H,(H,15,16)/t7-/m0/s1. The number of halogens is 4. The number of hydrogen-bond donors (Lipinski definition) is 2. The largest absolute Gasteiger partial charge is 0.479 e. The van der Waals surface area contributed by atoms with Crippen LogP contribution in [0.2, 0.25) is 10.0 Å². The Bertz CT molecular complexity index is 439. The van der Waals surface area contributed by atoms with Gasteiger partial charge in [0.1, 0.15) is 5.75 Å². The molecule has 0 spiro atoms. The molecule has 0 fully saturated rings. The summed E-state index contributed by atoms with van der Waals surface area (Å²) in [4.78, 5) is 10.5. The van der Waals surface area contributed by atoms with Crippen molar-refractivity contribution in [2.75, 3.05) is 0 Å². The van der Waals surface area contributed by atoms with E-state index in [2.05, 4.69) is 4.74 Å². The Kier molecular flexibility index (Phi) is 4.50. The molecule has 0 bridgehead atoms. The third-order valence-electron chi connectivity index (χ3n) is 1.80. The van der Waals surface area contributed by atoms with Crippen LogP contribution in [0.3, 0.4) is 0 Å². The van der Waals surface area contributed by atoms with Crippen molar-refractivity contribution in [3.8, 4) is 5.75 Å². The van der Waals surface area contributed by atoms with E-state index in [1.165, 1.54) is 0 Å². The predicted molar refractivity (Wildman–Crippen MR) is 55.7 cm³/mol. The zero-order valence-electron chi connectivity index (χ0n) is 8.03. The van der Waals surface area contributed by atoms with E-state index in [0.717, 1.165) is 12.1 Å². The number of benzene rings is 1. The predicted octanol–water partition coefficient (Wildman–Crippen LogP) is 2.71. The highest BCUT2D eigenvalue weighted by atomic mass is 35.5. The Balaban J connectivity index is 3.13. The van der Waals surface area contributed by atoms with Crippen molar-refractivity contribution in [2.45, 2.75) is 12.7 Å². The topological polar surface area (TPSA) is 66.8 Å². The molecule has 2 N–H and O–H groups in total. The number of alkyl halides is 2. The minimum Gasteiger partial charge on any atom is -0.479 e. The van der Waals surface area contributed by atoms with Gasteiger partial charge in [0.25, 0.3) is 0 Å². The van der Waals surface area contributed by atoms with E-state index in [4.69, 9.17) is 28.3 Å². The van der Waals surface area contributed by atoms with Crippen LogP contribution in [0, 0.1) is 0 Å². The number of aliphatic carboxylic acids is 1. The summed E-state index contributed by atoms with van der Waals surface area (Å²) < 4.78 is 27.9. The van der Waals surface area contributed by atoms with E-state index in [1.54, 1.807) is 0 Å². The van der Waals surface area contributed by atoms with E-state index in [1.807, 2.05) is 0 Å². The summed E-state index contributed by atoms with van der Waals surface area (Å²) in [5.41, 5.74) is -0.203. The molecule has 0 aromatic heterocycles. The van der Waals surface area contributed by atoms with E-state index in [9.17, 15) is 18.7 Å². The fourth-order valence-electron chi connectivity index (χ4n) is 1.07. The van der Waals surface area contributed by atoms with Gasteiger partial charge in [-0.2, -0.15) is 8.78 Å². The van der Waals surface area contributed by atoms with Crippen LogP contribution < -0.4 is 4.74 Å². The van der Waals surface area contributed by atoms with E-state index < -0.39 is 24.4 Å². The molecule has 4 nitrogen and oxygen atoms in total. The number of carbonyl (C=O) groups is 1. The second kappa shape index (κ2) is 5.48. The van der Waals surface area contributed by atoms with Crippen LogP contribution >= 0.6 is 23.2 Å². The van der Waals surface area contributed by atoms with Crippen LogP contribution in [0.5, 0.6) is 5.75 Å². The average Bonchev–Trinajstić information content (AvgIpc) is 2.21. The lowest BCUT2D eigenvalue weighted by atomic mass is 10.1. The molecule has 0 saturated heterocycles. The van der Waals surface area contributed by atoms with Gasteiger partial charge in [0.15, 0.2) is 6.10 Å². The first-order valence-corrected chi connectivity index (χ1v) is 4.93. The van der Waals surface area contributed by atoms with Gasteiger partial charge in [-0.25, -0.2) is 4.79 Å². The molecule has 1 aromatic carbocycles. The van der Waals surface area contributed by atoms with E-state index in [-0.39, 0.29) is 15.6 Å². The Hall–Kier alpha value is -1.11. The maximum atomic E-state index is 12.0. The zero-order chi connectivity index (χ0) is 13.2. The van der Waals surface area contributed by atoms with Gasteiger partial charge in [-0.15, -0.1) is 0 Å². The summed E-state index contributed by atoms with van der Waals surface area (Å²) in [7, 11) is 0. The summed E-state index contributed by atoms with van der Waals surface area (Å²) in [6.45, 7) is -3.08. The molecular formula is C9H6Cl2F2O4. The Morgan fingerprint density at radius 3 is 2.35 bits per heavy atom. The van der Waals surface area contributed by atoms with Gasteiger partial charge in [0, 0.05) is 11.6 Å². The molecule has 0 heterocycles. The van der Waals surface area contributed by atoms with Gasteiger partial charge in [0.2, 0.25) is 0 Å². The van der Waals surface area contributed by atoms with Crippen molar-refractivity contribution in [2.24, 2.45) is 0 Å². The van der Waals surface area contributed by atoms with Gasteiger partial charge in [-0.05, 0) is 6.07 Å². The lowest BCUT2D eigenvalue weighted by molar-refractivity contribution is -0.146. The smallest absolute Gasteiger partial charge is 0.387 e. The maximum Gasteiger partial charge on any atom is 0.387 e. The van der Waals surface area contributed by atoms with Crippen molar-refractivity contribution in [1.29, 1.82) is 0 Å². The molecule has 1 aromatic rings. The molecule has 94 valence electrons. The molecule has 0 amide bonds. The first kappa shape index (κ1) is 14.0. The monoisotopic (exact) mass is 286 g/mol. The summed E-state index contributed by atoms with van der Waals surface area (Å²) in [6.07, 6.45) is -1.89. The van der Waals surface area contributed by atoms with Crippen LogP contribution in [0.1, 0.15) is 11.7 Å². The summed E-state index contributed by atoms with van der Waals surface area (Å²) >= 11 is 11.2. The van der Waals surface area contributed by atoms with Crippen molar-refractivity contribution in [3.63, 3.8) is 0 Å². The highest BCUT2D eigenvalue weighted by molar-refractivity contribution is 6.35. The Morgan fingerprint density at radius 2 is 1.88 bits per heavy atom.